The molecule has 1 fully saturated rings. The second kappa shape index (κ2) is 14.2. The number of aromatic nitrogens is 1. The van der Waals surface area contributed by atoms with Crippen molar-refractivity contribution in [2.24, 2.45) is 11.8 Å². The lowest BCUT2D eigenvalue weighted by molar-refractivity contribution is -0.131. The number of fused-ring (bicyclic) bond motifs is 1. The Morgan fingerprint density at radius 1 is 0.977 bits per heavy atom. The minimum atomic E-state index is -0.724. The molecule has 8 nitrogen and oxygen atoms in total. The Hall–Kier alpha value is -5.03. The molecule has 1 aliphatic heterocycles. The largest absolute Gasteiger partial charge is 0.332 e. The van der Waals surface area contributed by atoms with Crippen molar-refractivity contribution in [2.45, 2.75) is 33.2 Å². The highest BCUT2D eigenvalue weighted by Crippen LogP contribution is 2.25. The number of anilines is 1. The number of rotatable bonds is 6. The van der Waals surface area contributed by atoms with Crippen molar-refractivity contribution in [3.8, 4) is 17.3 Å². The summed E-state index contributed by atoms with van der Waals surface area (Å²) in [6.07, 6.45) is 0.251. The van der Waals surface area contributed by atoms with Crippen LogP contribution in [0.2, 0.25) is 0 Å². The molecule has 0 aliphatic carbocycles. The standard InChI is InChI=1S/C31H27N5O3.C4H10/c1-35(20-29(37)36-19-24(17-26(36)18-32)30(38)33-25-10-6-3-7-11-25)31(39)23-13-15-28-22(16-23)12-14-27(34-28)21-8-4-2-5-9-21;1-4(2)3/h2-16,24,26H,17,19-20H2,1H3,(H,33,38);4H,1-3H3. The number of benzene rings is 3. The van der Waals surface area contributed by atoms with Crippen molar-refractivity contribution in [1.82, 2.24) is 14.8 Å². The average molecular weight is 576 g/mol. The normalized spacial score (nSPS) is 15.8. The second-order valence-corrected chi connectivity index (χ2v) is 11.3. The lowest BCUT2D eigenvalue weighted by Crippen LogP contribution is -2.43. The van der Waals surface area contributed by atoms with E-state index in [1.807, 2.05) is 60.7 Å². The summed E-state index contributed by atoms with van der Waals surface area (Å²) in [5, 5.41) is 13.3. The number of carbonyl (C=O) groups excluding carboxylic acids is 3. The summed E-state index contributed by atoms with van der Waals surface area (Å²) in [5.41, 5.74) is 3.72. The van der Waals surface area contributed by atoms with Crippen LogP contribution in [-0.2, 0) is 9.59 Å². The first-order valence-corrected chi connectivity index (χ1v) is 14.4. The van der Waals surface area contributed by atoms with Gasteiger partial charge in [0.15, 0.2) is 0 Å². The molecular formula is C35H37N5O3. The minimum absolute atomic E-state index is 0.128. The van der Waals surface area contributed by atoms with Gasteiger partial charge in [-0.15, -0.1) is 0 Å². The van der Waals surface area contributed by atoms with Crippen LogP contribution in [0.1, 0.15) is 37.6 Å². The van der Waals surface area contributed by atoms with Gasteiger partial charge in [-0.2, -0.15) is 5.26 Å². The first kappa shape index (κ1) is 30.9. The van der Waals surface area contributed by atoms with E-state index in [0.29, 0.717) is 11.3 Å². The number of hydrogen-bond acceptors (Lipinski definition) is 5. The Morgan fingerprint density at radius 2 is 1.63 bits per heavy atom. The molecule has 4 aromatic rings. The molecule has 1 N–H and O–H groups in total. The molecule has 8 heteroatoms. The van der Waals surface area contributed by atoms with E-state index in [1.54, 1.807) is 37.4 Å². The SMILES string of the molecule is CC(C)C.CN(CC(=O)N1CC(C(=O)Nc2ccccc2)CC1C#N)C(=O)c1ccc2nc(-c3ccccc3)ccc2c1. The predicted octanol–water partition coefficient (Wildman–Crippen LogP) is 6.02. The van der Waals surface area contributed by atoms with Crippen LogP contribution in [0.25, 0.3) is 22.2 Å². The number of nitrogens with one attached hydrogen (secondary N) is 1. The van der Waals surface area contributed by atoms with Crippen molar-refractivity contribution < 1.29 is 14.4 Å². The summed E-state index contributed by atoms with van der Waals surface area (Å²) in [5.74, 6) is -0.596. The molecule has 2 atom stereocenters. The van der Waals surface area contributed by atoms with Gasteiger partial charge in [0, 0.05) is 35.8 Å². The van der Waals surface area contributed by atoms with E-state index in [9.17, 15) is 19.6 Å². The third kappa shape index (κ3) is 8.04. The zero-order valence-corrected chi connectivity index (χ0v) is 25.0. The number of carbonyl (C=O) groups is 3. The molecule has 0 radical (unpaired) electrons. The molecule has 220 valence electrons. The van der Waals surface area contributed by atoms with Crippen LogP contribution < -0.4 is 5.32 Å². The van der Waals surface area contributed by atoms with E-state index >= 15 is 0 Å². The molecule has 1 aromatic heterocycles. The fourth-order valence-electron chi connectivity index (χ4n) is 4.80. The van der Waals surface area contributed by atoms with Crippen molar-refractivity contribution >= 4 is 34.3 Å². The third-order valence-electron chi connectivity index (χ3n) is 6.91. The third-order valence-corrected chi connectivity index (χ3v) is 6.91. The van der Waals surface area contributed by atoms with Gasteiger partial charge in [-0.1, -0.05) is 75.4 Å². The van der Waals surface area contributed by atoms with Gasteiger partial charge in [0.25, 0.3) is 5.91 Å². The number of nitriles is 1. The number of nitrogens with zero attached hydrogens (tertiary/aromatic N) is 4. The molecule has 1 saturated heterocycles. The Morgan fingerprint density at radius 3 is 2.28 bits per heavy atom. The van der Waals surface area contributed by atoms with Gasteiger partial charge in [-0.3, -0.25) is 14.4 Å². The van der Waals surface area contributed by atoms with Crippen molar-refractivity contribution in [2.75, 3.05) is 25.5 Å². The molecule has 2 heterocycles. The lowest BCUT2D eigenvalue weighted by atomic mass is 10.1. The molecule has 1 aliphatic rings. The van der Waals surface area contributed by atoms with Crippen LogP contribution in [0.15, 0.2) is 91.0 Å². The maximum atomic E-state index is 13.2. The van der Waals surface area contributed by atoms with Crippen LogP contribution in [0.5, 0.6) is 0 Å². The number of hydrogen-bond donors (Lipinski definition) is 1. The first-order valence-electron chi connectivity index (χ1n) is 14.4. The quantitative estimate of drug-likeness (QED) is 0.303. The number of para-hydroxylation sites is 1. The van der Waals surface area contributed by atoms with E-state index in [-0.39, 0.29) is 37.2 Å². The Balaban J connectivity index is 0.000000996. The number of amides is 3. The maximum absolute atomic E-state index is 13.2. The molecular weight excluding hydrogens is 538 g/mol. The van der Waals surface area contributed by atoms with Crippen molar-refractivity contribution in [1.29, 1.82) is 5.26 Å². The summed E-state index contributed by atoms with van der Waals surface area (Å²) in [6.45, 7) is 6.43. The highest BCUT2D eigenvalue weighted by atomic mass is 16.2. The summed E-state index contributed by atoms with van der Waals surface area (Å²) in [7, 11) is 1.55. The number of pyridine rings is 1. The first-order chi connectivity index (χ1) is 20.7. The molecule has 0 bridgehead atoms. The van der Waals surface area contributed by atoms with Crippen LogP contribution in [0, 0.1) is 23.2 Å². The van der Waals surface area contributed by atoms with Crippen LogP contribution in [0.3, 0.4) is 0 Å². The van der Waals surface area contributed by atoms with E-state index < -0.39 is 12.0 Å². The molecule has 2 unspecified atom stereocenters. The summed E-state index contributed by atoms with van der Waals surface area (Å²) in [4.78, 5) is 46.5. The van der Waals surface area contributed by atoms with Crippen LogP contribution in [-0.4, -0.2) is 58.7 Å². The fraction of sp³-hybridized carbons (Fsp3) is 0.286. The fourth-order valence-corrected chi connectivity index (χ4v) is 4.80. The van der Waals surface area contributed by atoms with Gasteiger partial charge in [-0.05, 0) is 48.7 Å². The van der Waals surface area contributed by atoms with E-state index in [4.69, 9.17) is 4.98 Å². The smallest absolute Gasteiger partial charge is 0.254 e. The van der Waals surface area contributed by atoms with Crippen LogP contribution in [0.4, 0.5) is 5.69 Å². The summed E-state index contributed by atoms with van der Waals surface area (Å²) >= 11 is 0. The van der Waals surface area contributed by atoms with E-state index in [2.05, 4.69) is 32.2 Å². The Kier molecular flexibility index (Phi) is 10.2. The topological polar surface area (TPSA) is 106 Å². The van der Waals surface area contributed by atoms with Gasteiger partial charge in [0.2, 0.25) is 11.8 Å². The number of likely N-dealkylation sites (N-methyl/N-ethyl adjacent to an activating group) is 1. The van der Waals surface area contributed by atoms with Gasteiger partial charge < -0.3 is 15.1 Å². The summed E-state index contributed by atoms with van der Waals surface area (Å²) in [6, 6.07) is 29.4. The highest BCUT2D eigenvalue weighted by molar-refractivity contribution is 6.00. The van der Waals surface area contributed by atoms with Gasteiger partial charge in [0.1, 0.15) is 6.04 Å². The lowest BCUT2D eigenvalue weighted by Gasteiger charge is -2.24. The average Bonchev–Trinajstić information content (AvgIpc) is 3.46. The molecule has 0 saturated carbocycles. The second-order valence-electron chi connectivity index (χ2n) is 11.3. The van der Waals surface area contributed by atoms with E-state index in [1.165, 1.54) is 9.80 Å². The van der Waals surface area contributed by atoms with Crippen LogP contribution >= 0.6 is 0 Å². The van der Waals surface area contributed by atoms with E-state index in [0.717, 1.165) is 28.1 Å². The minimum Gasteiger partial charge on any atom is -0.332 e. The maximum Gasteiger partial charge on any atom is 0.254 e. The monoisotopic (exact) mass is 575 g/mol. The molecule has 3 amide bonds. The summed E-state index contributed by atoms with van der Waals surface area (Å²) < 4.78 is 0. The van der Waals surface area contributed by atoms with Gasteiger partial charge in [-0.25, -0.2) is 4.98 Å². The Bertz CT molecular complexity index is 1610. The van der Waals surface area contributed by atoms with Crippen molar-refractivity contribution in [3.05, 3.63) is 96.6 Å². The van der Waals surface area contributed by atoms with Crippen molar-refractivity contribution in [3.63, 3.8) is 0 Å². The molecule has 5 rings (SSSR count). The predicted molar refractivity (Wildman–Crippen MR) is 169 cm³/mol. The van der Waals surface area contributed by atoms with Gasteiger partial charge in [0.05, 0.1) is 29.7 Å². The molecule has 0 spiro atoms. The van der Waals surface area contributed by atoms with Gasteiger partial charge >= 0.3 is 0 Å². The molecule has 43 heavy (non-hydrogen) atoms. The Labute approximate surface area is 253 Å². The zero-order chi connectivity index (χ0) is 30.9. The highest BCUT2D eigenvalue weighted by Gasteiger charge is 2.39. The molecule has 3 aromatic carbocycles. The zero-order valence-electron chi connectivity index (χ0n) is 25.0. The number of likely N-dealkylation sites (tertiary alicyclic amines) is 1.